The molecule has 1 N–H and O–H groups in total. The molecule has 0 fully saturated rings. The summed E-state index contributed by atoms with van der Waals surface area (Å²) in [5, 5.41) is 3.03. The average Bonchev–Trinajstić information content (AvgIpc) is 2.40. The summed E-state index contributed by atoms with van der Waals surface area (Å²) in [7, 11) is 0. The normalized spacial score (nSPS) is 12.5. The van der Waals surface area contributed by atoms with Gasteiger partial charge in [0.1, 0.15) is 0 Å². The summed E-state index contributed by atoms with van der Waals surface area (Å²) in [6, 6.07) is 5.85. The van der Waals surface area contributed by atoms with Crippen molar-refractivity contribution in [3.05, 3.63) is 34.9 Å². The van der Waals surface area contributed by atoms with E-state index >= 15 is 0 Å². The summed E-state index contributed by atoms with van der Waals surface area (Å²) in [5.74, 6) is 0.635. The third-order valence-corrected chi connectivity index (χ3v) is 4.94. The third-order valence-electron chi connectivity index (χ3n) is 3.87. The largest absolute Gasteiger partial charge is 0.351 e. The molecule has 0 heterocycles. The molecule has 19 heavy (non-hydrogen) atoms. The Labute approximate surface area is 125 Å². The molecule has 0 spiro atoms. The zero-order chi connectivity index (χ0) is 14.4. The second-order valence-corrected chi connectivity index (χ2v) is 6.23. The highest BCUT2D eigenvalue weighted by Gasteiger charge is 2.17. The summed E-state index contributed by atoms with van der Waals surface area (Å²) in [4.78, 5) is 12.5. The molecule has 2 nitrogen and oxygen atoms in total. The number of benzene rings is 1. The molecule has 3 heteroatoms. The predicted molar refractivity (Wildman–Crippen MR) is 85.0 cm³/mol. The molecule has 0 aliphatic rings. The standard InChI is InChI=1S/C16H24BrNO/c1-5-13(6-2)15(17)10-18-16(19)14-9-7-8-11(3)12(14)4/h7-9,13,15H,5-6,10H2,1-4H3,(H,18,19). The quantitative estimate of drug-likeness (QED) is 0.779. The zero-order valence-electron chi connectivity index (χ0n) is 12.3. The lowest BCUT2D eigenvalue weighted by Gasteiger charge is -2.20. The van der Waals surface area contributed by atoms with E-state index < -0.39 is 0 Å². The summed E-state index contributed by atoms with van der Waals surface area (Å²) in [6.45, 7) is 9.09. The van der Waals surface area contributed by atoms with Crippen LogP contribution in [0.2, 0.25) is 0 Å². The molecule has 1 rings (SSSR count). The molecular formula is C16H24BrNO. The van der Waals surface area contributed by atoms with Crippen molar-refractivity contribution in [2.24, 2.45) is 5.92 Å². The van der Waals surface area contributed by atoms with Crippen LogP contribution in [0.3, 0.4) is 0 Å². The molecule has 0 aliphatic heterocycles. The molecule has 1 aromatic rings. The van der Waals surface area contributed by atoms with Crippen molar-refractivity contribution in [2.45, 2.75) is 45.4 Å². The zero-order valence-corrected chi connectivity index (χ0v) is 13.9. The highest BCUT2D eigenvalue weighted by molar-refractivity contribution is 9.09. The highest BCUT2D eigenvalue weighted by atomic mass is 79.9. The molecule has 0 aliphatic carbocycles. The van der Waals surface area contributed by atoms with Gasteiger partial charge in [-0.1, -0.05) is 54.8 Å². The number of hydrogen-bond donors (Lipinski definition) is 1. The summed E-state index contributed by atoms with van der Waals surface area (Å²) in [6.07, 6.45) is 2.26. The Kier molecular flexibility index (Phi) is 6.56. The molecule has 0 saturated carbocycles. The molecule has 0 saturated heterocycles. The number of carbonyl (C=O) groups is 1. The number of rotatable bonds is 6. The first-order valence-electron chi connectivity index (χ1n) is 6.99. The van der Waals surface area contributed by atoms with E-state index in [0.717, 1.165) is 29.5 Å². The number of carbonyl (C=O) groups excluding carboxylic acids is 1. The van der Waals surface area contributed by atoms with Crippen LogP contribution in [0.5, 0.6) is 0 Å². The van der Waals surface area contributed by atoms with Gasteiger partial charge in [0.15, 0.2) is 0 Å². The predicted octanol–water partition coefficient (Wildman–Crippen LogP) is 4.23. The van der Waals surface area contributed by atoms with Crippen molar-refractivity contribution < 1.29 is 4.79 Å². The fourth-order valence-corrected chi connectivity index (χ4v) is 3.16. The fraction of sp³-hybridized carbons (Fsp3) is 0.562. The SMILES string of the molecule is CCC(CC)C(Br)CNC(=O)c1cccc(C)c1C. The molecule has 0 radical (unpaired) electrons. The van der Waals surface area contributed by atoms with E-state index in [-0.39, 0.29) is 5.91 Å². The molecule has 0 aromatic heterocycles. The Bertz CT molecular complexity index is 427. The van der Waals surface area contributed by atoms with E-state index in [2.05, 4.69) is 35.1 Å². The van der Waals surface area contributed by atoms with Gasteiger partial charge in [0.05, 0.1) is 0 Å². The van der Waals surface area contributed by atoms with Gasteiger partial charge in [-0.05, 0) is 37.0 Å². The van der Waals surface area contributed by atoms with Crippen LogP contribution < -0.4 is 5.32 Å². The first-order chi connectivity index (χ1) is 9.01. The highest BCUT2D eigenvalue weighted by Crippen LogP contribution is 2.20. The lowest BCUT2D eigenvalue weighted by atomic mass is 9.99. The summed E-state index contributed by atoms with van der Waals surface area (Å²) in [5.41, 5.74) is 3.00. The van der Waals surface area contributed by atoms with Gasteiger partial charge in [0.2, 0.25) is 0 Å². The molecule has 0 bridgehead atoms. The average molecular weight is 326 g/mol. The maximum atomic E-state index is 12.2. The minimum Gasteiger partial charge on any atom is -0.351 e. The summed E-state index contributed by atoms with van der Waals surface area (Å²) >= 11 is 3.68. The van der Waals surface area contributed by atoms with Crippen molar-refractivity contribution >= 4 is 21.8 Å². The number of hydrogen-bond acceptors (Lipinski definition) is 1. The minimum atomic E-state index is 0.0246. The van der Waals surface area contributed by atoms with Crippen molar-refractivity contribution in [1.29, 1.82) is 0 Å². The van der Waals surface area contributed by atoms with Crippen LogP contribution in [-0.2, 0) is 0 Å². The number of halogens is 1. The smallest absolute Gasteiger partial charge is 0.251 e. The van der Waals surface area contributed by atoms with Gasteiger partial charge < -0.3 is 5.32 Å². The molecule has 1 aromatic carbocycles. The van der Waals surface area contributed by atoms with Crippen molar-refractivity contribution in [3.8, 4) is 0 Å². The maximum absolute atomic E-state index is 12.2. The van der Waals surface area contributed by atoms with Crippen molar-refractivity contribution in [3.63, 3.8) is 0 Å². The van der Waals surface area contributed by atoms with Gasteiger partial charge >= 0.3 is 0 Å². The third kappa shape index (κ3) is 4.34. The van der Waals surface area contributed by atoms with Gasteiger partial charge in [0.25, 0.3) is 5.91 Å². The van der Waals surface area contributed by atoms with Gasteiger partial charge in [-0.3, -0.25) is 4.79 Å². The van der Waals surface area contributed by atoms with Crippen LogP contribution in [0.25, 0.3) is 0 Å². The van der Waals surface area contributed by atoms with E-state index in [1.54, 1.807) is 0 Å². The Hall–Kier alpha value is -0.830. The van der Waals surface area contributed by atoms with Gasteiger partial charge in [-0.15, -0.1) is 0 Å². The molecular weight excluding hydrogens is 302 g/mol. The molecule has 106 valence electrons. The van der Waals surface area contributed by atoms with Crippen LogP contribution in [-0.4, -0.2) is 17.3 Å². The van der Waals surface area contributed by atoms with E-state index in [1.807, 2.05) is 32.0 Å². The Morgan fingerprint density at radius 3 is 2.47 bits per heavy atom. The number of alkyl halides is 1. The van der Waals surface area contributed by atoms with Crippen LogP contribution in [0, 0.1) is 19.8 Å². The van der Waals surface area contributed by atoms with Crippen LogP contribution in [0.15, 0.2) is 18.2 Å². The molecule has 1 atom stereocenters. The Morgan fingerprint density at radius 1 is 1.26 bits per heavy atom. The van der Waals surface area contributed by atoms with Gasteiger partial charge in [-0.2, -0.15) is 0 Å². The molecule has 1 unspecified atom stereocenters. The van der Waals surface area contributed by atoms with Crippen molar-refractivity contribution in [2.75, 3.05) is 6.54 Å². The lowest BCUT2D eigenvalue weighted by Crippen LogP contribution is -2.33. The second-order valence-electron chi connectivity index (χ2n) is 5.05. The fourth-order valence-electron chi connectivity index (χ4n) is 2.25. The monoisotopic (exact) mass is 325 g/mol. The van der Waals surface area contributed by atoms with Crippen LogP contribution >= 0.6 is 15.9 Å². The topological polar surface area (TPSA) is 29.1 Å². The number of nitrogens with one attached hydrogen (secondary N) is 1. The second kappa shape index (κ2) is 7.68. The van der Waals surface area contributed by atoms with E-state index in [9.17, 15) is 4.79 Å². The maximum Gasteiger partial charge on any atom is 0.251 e. The first kappa shape index (κ1) is 16.2. The Morgan fingerprint density at radius 2 is 1.89 bits per heavy atom. The van der Waals surface area contributed by atoms with E-state index in [0.29, 0.717) is 17.3 Å². The first-order valence-corrected chi connectivity index (χ1v) is 7.91. The molecule has 1 amide bonds. The van der Waals surface area contributed by atoms with Gasteiger partial charge in [0, 0.05) is 16.9 Å². The Balaban J connectivity index is 2.63. The lowest BCUT2D eigenvalue weighted by molar-refractivity contribution is 0.0951. The number of aryl methyl sites for hydroxylation is 1. The van der Waals surface area contributed by atoms with Crippen molar-refractivity contribution in [1.82, 2.24) is 5.32 Å². The summed E-state index contributed by atoms with van der Waals surface area (Å²) < 4.78 is 0. The van der Waals surface area contributed by atoms with Crippen LogP contribution in [0.1, 0.15) is 48.2 Å². The number of amides is 1. The van der Waals surface area contributed by atoms with Crippen LogP contribution in [0.4, 0.5) is 0 Å². The van der Waals surface area contributed by atoms with E-state index in [1.165, 1.54) is 0 Å². The minimum absolute atomic E-state index is 0.0246. The van der Waals surface area contributed by atoms with Gasteiger partial charge in [-0.25, -0.2) is 0 Å². The van der Waals surface area contributed by atoms with E-state index in [4.69, 9.17) is 0 Å².